The van der Waals surface area contributed by atoms with Gasteiger partial charge in [-0.2, -0.15) is 0 Å². The zero-order valence-corrected chi connectivity index (χ0v) is 13.0. The van der Waals surface area contributed by atoms with Crippen LogP contribution in [0.15, 0.2) is 66.7 Å². The molecule has 5 heteroatoms. The van der Waals surface area contributed by atoms with Crippen LogP contribution in [0.2, 0.25) is 0 Å². The van der Waals surface area contributed by atoms with E-state index in [0.29, 0.717) is 18.1 Å². The summed E-state index contributed by atoms with van der Waals surface area (Å²) in [7, 11) is 0. The van der Waals surface area contributed by atoms with Crippen molar-refractivity contribution in [1.29, 1.82) is 0 Å². The Balaban J connectivity index is 1.52. The number of fused-ring (bicyclic) bond motifs is 1. The highest BCUT2D eigenvalue weighted by molar-refractivity contribution is 6.06. The van der Waals surface area contributed by atoms with Gasteiger partial charge in [0.15, 0.2) is 11.5 Å². The summed E-state index contributed by atoms with van der Waals surface area (Å²) in [6.07, 6.45) is 0.878. The molecule has 5 nitrogen and oxygen atoms in total. The van der Waals surface area contributed by atoms with E-state index in [2.05, 4.69) is 21.6 Å². The smallest absolute Gasteiger partial charge is 0.278 e. The third-order valence-electron chi connectivity index (χ3n) is 4.06. The van der Waals surface area contributed by atoms with Crippen LogP contribution in [-0.2, 0) is 6.42 Å². The fourth-order valence-electron chi connectivity index (χ4n) is 2.87. The van der Waals surface area contributed by atoms with Gasteiger partial charge < -0.3 is 10.2 Å². The Morgan fingerprint density at radius 2 is 1.71 bits per heavy atom. The molecule has 4 rings (SSSR count). The molecule has 1 N–H and O–H groups in total. The van der Waals surface area contributed by atoms with Gasteiger partial charge in [0, 0.05) is 17.9 Å². The maximum absolute atomic E-state index is 12.7. The molecule has 0 atom stereocenters. The minimum Gasteiger partial charge on any atom is -0.339 e. The highest BCUT2D eigenvalue weighted by Crippen LogP contribution is 2.28. The molecule has 0 bridgehead atoms. The SMILES string of the molecule is O=C(c1ccc(Nc2ccccc2)nn1)N1CCc2ccccc21. The number of nitrogens with zero attached hydrogens (tertiary/aromatic N) is 3. The van der Waals surface area contributed by atoms with E-state index in [4.69, 9.17) is 0 Å². The van der Waals surface area contributed by atoms with Crippen molar-refractivity contribution in [3.63, 3.8) is 0 Å². The summed E-state index contributed by atoms with van der Waals surface area (Å²) in [5, 5.41) is 11.4. The summed E-state index contributed by atoms with van der Waals surface area (Å²) in [6.45, 7) is 0.684. The predicted molar refractivity (Wildman–Crippen MR) is 93.6 cm³/mol. The Morgan fingerprint density at radius 3 is 2.50 bits per heavy atom. The Morgan fingerprint density at radius 1 is 0.917 bits per heavy atom. The molecule has 0 saturated heterocycles. The zero-order valence-electron chi connectivity index (χ0n) is 13.0. The number of hydrogen-bond acceptors (Lipinski definition) is 4. The lowest BCUT2D eigenvalue weighted by Gasteiger charge is -2.16. The van der Waals surface area contributed by atoms with Gasteiger partial charge in [-0.05, 0) is 42.3 Å². The van der Waals surface area contributed by atoms with Crippen molar-refractivity contribution in [3.8, 4) is 0 Å². The lowest BCUT2D eigenvalue weighted by atomic mass is 10.2. The number of hydrogen-bond donors (Lipinski definition) is 1. The first-order valence-corrected chi connectivity index (χ1v) is 7.87. The van der Waals surface area contributed by atoms with E-state index in [1.54, 1.807) is 17.0 Å². The van der Waals surface area contributed by atoms with Gasteiger partial charge >= 0.3 is 0 Å². The van der Waals surface area contributed by atoms with E-state index in [1.165, 1.54) is 5.56 Å². The Kier molecular flexibility index (Phi) is 3.67. The minimum atomic E-state index is -0.112. The molecule has 2 heterocycles. The molecule has 0 aliphatic carbocycles. The van der Waals surface area contributed by atoms with Crippen molar-refractivity contribution in [1.82, 2.24) is 10.2 Å². The molecular weight excluding hydrogens is 300 g/mol. The minimum absolute atomic E-state index is 0.112. The first-order chi connectivity index (χ1) is 11.8. The molecular formula is C19H16N4O. The summed E-state index contributed by atoms with van der Waals surface area (Å²) in [4.78, 5) is 14.4. The summed E-state index contributed by atoms with van der Waals surface area (Å²) in [5.74, 6) is 0.498. The Labute approximate surface area is 140 Å². The van der Waals surface area contributed by atoms with Gasteiger partial charge in [0.05, 0.1) is 0 Å². The molecule has 2 aromatic carbocycles. The standard InChI is InChI=1S/C19H16N4O/c24-19(23-13-12-14-6-4-5-9-17(14)23)16-10-11-18(22-21-16)20-15-7-2-1-3-8-15/h1-11H,12-13H2,(H,20,22). The number of nitrogens with one attached hydrogen (secondary N) is 1. The monoisotopic (exact) mass is 316 g/mol. The van der Waals surface area contributed by atoms with Gasteiger partial charge in [-0.1, -0.05) is 36.4 Å². The van der Waals surface area contributed by atoms with E-state index < -0.39 is 0 Å². The fraction of sp³-hybridized carbons (Fsp3) is 0.105. The number of anilines is 3. The normalized spacial score (nSPS) is 12.8. The zero-order chi connectivity index (χ0) is 16.4. The van der Waals surface area contributed by atoms with Crippen LogP contribution in [0.3, 0.4) is 0 Å². The average Bonchev–Trinajstić information content (AvgIpc) is 3.07. The number of amides is 1. The Hall–Kier alpha value is -3.21. The van der Waals surface area contributed by atoms with Crippen LogP contribution in [0.4, 0.5) is 17.2 Å². The molecule has 0 unspecified atom stereocenters. The number of carbonyl (C=O) groups excluding carboxylic acids is 1. The molecule has 118 valence electrons. The summed E-state index contributed by atoms with van der Waals surface area (Å²) in [5.41, 5.74) is 3.45. The highest BCUT2D eigenvalue weighted by Gasteiger charge is 2.26. The second-order valence-corrected chi connectivity index (χ2v) is 5.63. The lowest BCUT2D eigenvalue weighted by molar-refractivity contribution is 0.0983. The van der Waals surface area contributed by atoms with Crippen LogP contribution in [0, 0.1) is 0 Å². The van der Waals surface area contributed by atoms with Crippen LogP contribution >= 0.6 is 0 Å². The largest absolute Gasteiger partial charge is 0.339 e. The second kappa shape index (κ2) is 6.12. The molecule has 1 aromatic heterocycles. The van der Waals surface area contributed by atoms with Crippen LogP contribution in [0.1, 0.15) is 16.1 Å². The number of carbonyl (C=O) groups is 1. The summed E-state index contributed by atoms with van der Waals surface area (Å²) >= 11 is 0. The molecule has 0 fully saturated rings. The molecule has 3 aromatic rings. The molecule has 1 amide bonds. The molecule has 1 aliphatic heterocycles. The topological polar surface area (TPSA) is 58.1 Å². The van der Waals surface area contributed by atoms with E-state index in [0.717, 1.165) is 17.8 Å². The van der Waals surface area contributed by atoms with E-state index in [1.807, 2.05) is 48.5 Å². The average molecular weight is 316 g/mol. The molecule has 0 spiro atoms. The molecule has 24 heavy (non-hydrogen) atoms. The predicted octanol–water partition coefficient (Wildman–Crippen LogP) is 3.42. The van der Waals surface area contributed by atoms with Crippen molar-refractivity contribution < 1.29 is 4.79 Å². The lowest BCUT2D eigenvalue weighted by Crippen LogP contribution is -2.29. The van der Waals surface area contributed by atoms with Crippen LogP contribution in [0.25, 0.3) is 0 Å². The van der Waals surface area contributed by atoms with Gasteiger partial charge in [0.2, 0.25) is 0 Å². The van der Waals surface area contributed by atoms with E-state index >= 15 is 0 Å². The van der Waals surface area contributed by atoms with Crippen molar-refractivity contribution in [2.24, 2.45) is 0 Å². The number of benzene rings is 2. The van der Waals surface area contributed by atoms with E-state index in [9.17, 15) is 4.79 Å². The van der Waals surface area contributed by atoms with Gasteiger partial charge in [-0.15, -0.1) is 10.2 Å². The van der Waals surface area contributed by atoms with Crippen molar-refractivity contribution in [3.05, 3.63) is 78.0 Å². The maximum Gasteiger partial charge on any atom is 0.278 e. The van der Waals surface area contributed by atoms with Gasteiger partial charge in [-0.3, -0.25) is 4.79 Å². The quantitative estimate of drug-likeness (QED) is 0.804. The van der Waals surface area contributed by atoms with Crippen molar-refractivity contribution >= 4 is 23.1 Å². The van der Waals surface area contributed by atoms with Crippen LogP contribution in [0.5, 0.6) is 0 Å². The van der Waals surface area contributed by atoms with Gasteiger partial charge in [0.25, 0.3) is 5.91 Å². The molecule has 0 radical (unpaired) electrons. The second-order valence-electron chi connectivity index (χ2n) is 5.63. The molecule has 0 saturated carbocycles. The van der Waals surface area contributed by atoms with E-state index in [-0.39, 0.29) is 5.91 Å². The van der Waals surface area contributed by atoms with Crippen molar-refractivity contribution in [2.75, 3.05) is 16.8 Å². The van der Waals surface area contributed by atoms with Gasteiger partial charge in [0.1, 0.15) is 0 Å². The molecule has 1 aliphatic rings. The summed E-state index contributed by atoms with van der Waals surface area (Å²) < 4.78 is 0. The number of para-hydroxylation sites is 2. The first kappa shape index (κ1) is 14.4. The fourth-order valence-corrected chi connectivity index (χ4v) is 2.87. The van der Waals surface area contributed by atoms with Crippen LogP contribution < -0.4 is 10.2 Å². The Bertz CT molecular complexity index is 862. The van der Waals surface area contributed by atoms with Crippen LogP contribution in [-0.4, -0.2) is 22.6 Å². The number of aromatic nitrogens is 2. The first-order valence-electron chi connectivity index (χ1n) is 7.87. The maximum atomic E-state index is 12.7. The third kappa shape index (κ3) is 2.72. The van der Waals surface area contributed by atoms with Gasteiger partial charge in [-0.25, -0.2) is 0 Å². The summed E-state index contributed by atoms with van der Waals surface area (Å²) in [6, 6.07) is 21.2. The number of rotatable bonds is 3. The van der Waals surface area contributed by atoms with Crippen molar-refractivity contribution in [2.45, 2.75) is 6.42 Å². The highest BCUT2D eigenvalue weighted by atomic mass is 16.2. The third-order valence-corrected chi connectivity index (χ3v) is 4.06.